The summed E-state index contributed by atoms with van der Waals surface area (Å²) in [4.78, 5) is 29.7. The summed E-state index contributed by atoms with van der Waals surface area (Å²) in [5.74, 6) is 1.38. The Bertz CT molecular complexity index is 1260. The van der Waals surface area contributed by atoms with Gasteiger partial charge in [0, 0.05) is 30.1 Å². The van der Waals surface area contributed by atoms with Crippen molar-refractivity contribution in [1.82, 2.24) is 14.9 Å². The number of hydrogen-bond donors (Lipinski definition) is 1. The average Bonchev–Trinajstić information content (AvgIpc) is 2.73. The number of nitrogens with one attached hydrogen (secondary N) is 1. The first-order valence-electron chi connectivity index (χ1n) is 11.5. The van der Waals surface area contributed by atoms with E-state index < -0.39 is 11.7 Å². The van der Waals surface area contributed by atoms with Crippen molar-refractivity contribution < 1.29 is 19.0 Å². The normalized spacial score (nSPS) is 12.7. The van der Waals surface area contributed by atoms with E-state index in [-0.39, 0.29) is 18.2 Å². The second kappa shape index (κ2) is 9.91. The maximum Gasteiger partial charge on any atom is 0.407 e. The van der Waals surface area contributed by atoms with Gasteiger partial charge >= 0.3 is 6.09 Å². The highest BCUT2D eigenvalue weighted by Gasteiger charge is 2.22. The lowest BCUT2D eigenvalue weighted by atomic mass is 10.0. The smallest absolute Gasteiger partial charge is 0.407 e. The second-order valence-electron chi connectivity index (χ2n) is 9.99. The number of methoxy groups -OCH3 is 1. The Balaban J connectivity index is 1.97. The van der Waals surface area contributed by atoms with Gasteiger partial charge in [-0.15, -0.1) is 0 Å². The van der Waals surface area contributed by atoms with E-state index in [9.17, 15) is 9.59 Å². The molecule has 0 aliphatic rings. The predicted molar refractivity (Wildman–Crippen MR) is 134 cm³/mol. The van der Waals surface area contributed by atoms with Crippen molar-refractivity contribution in [3.8, 4) is 11.5 Å². The molecule has 0 spiro atoms. The number of fused-ring (bicyclic) bond motifs is 3. The number of carbonyl (C=O) groups excluding carboxylic acids is 1. The Kier molecular flexibility index (Phi) is 7.38. The highest BCUT2D eigenvalue weighted by atomic mass is 16.6. The summed E-state index contributed by atoms with van der Waals surface area (Å²) in [6.45, 7) is 11.7. The SMILES string of the molecule is COc1cc2c3ccnc(C)c3c(=O)n(C)c2cc1OC[C@H](CC(C)C)NC(=O)OC(C)(C)C. The van der Waals surface area contributed by atoms with Crippen molar-refractivity contribution in [2.75, 3.05) is 13.7 Å². The molecule has 0 unspecified atom stereocenters. The molecule has 0 aliphatic heterocycles. The van der Waals surface area contributed by atoms with Gasteiger partial charge in [-0.3, -0.25) is 9.78 Å². The molecule has 0 radical (unpaired) electrons. The van der Waals surface area contributed by atoms with Gasteiger partial charge in [0.15, 0.2) is 11.5 Å². The second-order valence-corrected chi connectivity index (χ2v) is 9.99. The van der Waals surface area contributed by atoms with Crippen LogP contribution in [0.1, 0.15) is 46.7 Å². The van der Waals surface area contributed by atoms with Crippen LogP contribution >= 0.6 is 0 Å². The van der Waals surface area contributed by atoms with E-state index in [4.69, 9.17) is 14.2 Å². The van der Waals surface area contributed by atoms with Crippen LogP contribution in [0.2, 0.25) is 0 Å². The third-order valence-electron chi connectivity index (χ3n) is 5.51. The fourth-order valence-electron chi connectivity index (χ4n) is 4.05. The highest BCUT2D eigenvalue weighted by molar-refractivity contribution is 6.07. The van der Waals surface area contributed by atoms with Gasteiger partial charge in [0.25, 0.3) is 5.56 Å². The molecule has 0 bridgehead atoms. The molecule has 2 heterocycles. The zero-order chi connectivity index (χ0) is 25.2. The molecular weight excluding hydrogens is 434 g/mol. The number of carbonyl (C=O) groups is 1. The molecule has 3 aromatic rings. The van der Waals surface area contributed by atoms with Gasteiger partial charge in [0.2, 0.25) is 0 Å². The van der Waals surface area contributed by atoms with Crippen molar-refractivity contribution in [3.63, 3.8) is 0 Å². The molecule has 34 heavy (non-hydrogen) atoms. The summed E-state index contributed by atoms with van der Waals surface area (Å²) >= 11 is 0. The van der Waals surface area contributed by atoms with E-state index in [1.54, 1.807) is 24.9 Å². The zero-order valence-corrected chi connectivity index (χ0v) is 21.3. The molecule has 3 rings (SSSR count). The Morgan fingerprint density at radius 1 is 1.18 bits per heavy atom. The van der Waals surface area contributed by atoms with E-state index in [0.29, 0.717) is 34.9 Å². The third kappa shape index (κ3) is 5.61. The molecule has 8 heteroatoms. The van der Waals surface area contributed by atoms with Crippen LogP contribution in [0.5, 0.6) is 11.5 Å². The minimum absolute atomic E-state index is 0.117. The van der Waals surface area contributed by atoms with Crippen molar-refractivity contribution in [3.05, 3.63) is 40.4 Å². The van der Waals surface area contributed by atoms with Crippen LogP contribution in [0.4, 0.5) is 4.79 Å². The van der Waals surface area contributed by atoms with Crippen LogP contribution in [0.3, 0.4) is 0 Å². The van der Waals surface area contributed by atoms with Gasteiger partial charge in [-0.1, -0.05) is 13.8 Å². The van der Waals surface area contributed by atoms with Gasteiger partial charge in [-0.05, 0) is 52.2 Å². The average molecular weight is 470 g/mol. The van der Waals surface area contributed by atoms with E-state index >= 15 is 0 Å². The van der Waals surface area contributed by atoms with Gasteiger partial charge in [-0.25, -0.2) is 4.79 Å². The molecule has 0 fully saturated rings. The molecule has 8 nitrogen and oxygen atoms in total. The Morgan fingerprint density at radius 3 is 2.50 bits per heavy atom. The van der Waals surface area contributed by atoms with Crippen molar-refractivity contribution >= 4 is 27.8 Å². The van der Waals surface area contributed by atoms with E-state index in [1.807, 2.05) is 45.9 Å². The molecule has 0 aliphatic carbocycles. The fraction of sp³-hybridized carbons (Fsp3) is 0.500. The predicted octanol–water partition coefficient (Wildman–Crippen LogP) is 4.72. The Morgan fingerprint density at radius 2 is 1.88 bits per heavy atom. The van der Waals surface area contributed by atoms with Crippen LogP contribution < -0.4 is 20.3 Å². The van der Waals surface area contributed by atoms with Crippen molar-refractivity contribution in [1.29, 1.82) is 0 Å². The zero-order valence-electron chi connectivity index (χ0n) is 21.3. The standard InChI is InChI=1S/C26H35N3O5/c1-15(2)11-17(28-25(31)34-26(4,5)6)14-33-22-13-20-19(12-21(22)32-8)18-9-10-27-16(3)23(18)24(30)29(20)7/h9-10,12-13,15,17H,11,14H2,1-8H3,(H,28,31)/t17-/m0/s1. The minimum atomic E-state index is -0.587. The largest absolute Gasteiger partial charge is 0.493 e. The van der Waals surface area contributed by atoms with Crippen molar-refractivity contribution in [2.24, 2.45) is 13.0 Å². The Hall–Kier alpha value is -3.29. The number of hydrogen-bond acceptors (Lipinski definition) is 6. The van der Waals surface area contributed by atoms with Crippen LogP contribution in [0.25, 0.3) is 21.7 Å². The van der Waals surface area contributed by atoms with E-state index in [2.05, 4.69) is 24.1 Å². The third-order valence-corrected chi connectivity index (χ3v) is 5.51. The molecule has 1 N–H and O–H groups in total. The quantitative estimate of drug-likeness (QED) is 0.504. The van der Waals surface area contributed by atoms with Crippen LogP contribution in [0.15, 0.2) is 29.2 Å². The molecule has 0 saturated heterocycles. The topological polar surface area (TPSA) is 91.7 Å². The van der Waals surface area contributed by atoms with E-state index in [0.717, 1.165) is 16.3 Å². The fourth-order valence-corrected chi connectivity index (χ4v) is 4.05. The lowest BCUT2D eigenvalue weighted by Gasteiger charge is -2.25. The summed E-state index contributed by atoms with van der Waals surface area (Å²) in [6.07, 6.45) is 1.93. The molecule has 1 atom stereocenters. The molecular formula is C26H35N3O5. The number of amides is 1. The number of ether oxygens (including phenoxy) is 3. The Labute approximate surface area is 200 Å². The monoisotopic (exact) mass is 469 g/mol. The summed E-state index contributed by atoms with van der Waals surface area (Å²) in [6, 6.07) is 5.27. The summed E-state index contributed by atoms with van der Waals surface area (Å²) in [7, 11) is 3.31. The molecule has 2 aromatic heterocycles. The van der Waals surface area contributed by atoms with E-state index in [1.165, 1.54) is 0 Å². The first-order chi connectivity index (χ1) is 15.9. The van der Waals surface area contributed by atoms with Crippen molar-refractivity contribution in [2.45, 2.75) is 59.6 Å². The number of nitrogens with zero attached hydrogens (tertiary/aromatic N) is 2. The maximum atomic E-state index is 13.0. The number of pyridine rings is 2. The summed E-state index contributed by atoms with van der Waals surface area (Å²) in [5.41, 5.74) is 0.702. The number of benzene rings is 1. The summed E-state index contributed by atoms with van der Waals surface area (Å²) < 4.78 is 18.8. The number of aromatic nitrogens is 2. The molecule has 1 aromatic carbocycles. The minimum Gasteiger partial charge on any atom is -0.493 e. The number of rotatable bonds is 7. The van der Waals surface area contributed by atoms with Gasteiger partial charge in [0.05, 0.1) is 29.7 Å². The maximum absolute atomic E-state index is 13.0. The summed E-state index contributed by atoms with van der Waals surface area (Å²) in [5, 5.41) is 5.19. The molecule has 0 saturated carbocycles. The first kappa shape index (κ1) is 25.3. The van der Waals surface area contributed by atoms with Gasteiger partial charge in [-0.2, -0.15) is 0 Å². The molecule has 1 amide bonds. The molecule has 184 valence electrons. The van der Waals surface area contributed by atoms with Crippen LogP contribution in [0, 0.1) is 12.8 Å². The van der Waals surface area contributed by atoms with Gasteiger partial charge in [0.1, 0.15) is 12.2 Å². The lowest BCUT2D eigenvalue weighted by Crippen LogP contribution is -2.42. The first-order valence-corrected chi connectivity index (χ1v) is 11.5. The highest BCUT2D eigenvalue weighted by Crippen LogP contribution is 2.35. The number of alkyl carbamates (subject to hydrolysis) is 1. The van der Waals surface area contributed by atoms with Crippen LogP contribution in [-0.4, -0.2) is 41.0 Å². The van der Waals surface area contributed by atoms with Gasteiger partial charge < -0.3 is 24.1 Å². The van der Waals surface area contributed by atoms with Crippen LogP contribution in [-0.2, 0) is 11.8 Å². The lowest BCUT2D eigenvalue weighted by molar-refractivity contribution is 0.0480. The number of aryl methyl sites for hydroxylation is 2.